The van der Waals surface area contributed by atoms with Crippen LogP contribution in [0.1, 0.15) is 44.1 Å². The van der Waals surface area contributed by atoms with E-state index in [4.69, 9.17) is 11.6 Å². The molecule has 1 aromatic rings. The van der Waals surface area contributed by atoms with Crippen LogP contribution < -0.4 is 5.32 Å². The molecule has 0 aliphatic heterocycles. The molecule has 0 atom stereocenters. The summed E-state index contributed by atoms with van der Waals surface area (Å²) in [5.41, 5.74) is 1.16. The fourth-order valence-electron chi connectivity index (χ4n) is 3.06. The summed E-state index contributed by atoms with van der Waals surface area (Å²) in [4.78, 5) is 2.55. The minimum atomic E-state index is 0.818. The summed E-state index contributed by atoms with van der Waals surface area (Å²) in [6, 6.07) is 6.83. The second-order valence-corrected chi connectivity index (χ2v) is 7.36. The molecule has 0 unspecified atom stereocenters. The monoisotopic (exact) mass is 372 g/mol. The molecule has 1 saturated carbocycles. The minimum Gasteiger partial charge on any atom is -0.313 e. The maximum atomic E-state index is 6.19. The standard InChI is InChI=1S/C17H26BrClN2/c1-21(16-6-3-2-4-7-16)11-5-10-20-13-14-12-15(18)8-9-17(14)19/h8-9,12,16,20H,2-7,10-11,13H2,1H3. The lowest BCUT2D eigenvalue weighted by Gasteiger charge is -2.31. The Bertz CT molecular complexity index is 433. The highest BCUT2D eigenvalue weighted by Crippen LogP contribution is 2.22. The van der Waals surface area contributed by atoms with Gasteiger partial charge in [-0.25, -0.2) is 0 Å². The van der Waals surface area contributed by atoms with Crippen LogP contribution in [0.4, 0.5) is 0 Å². The SMILES string of the molecule is CN(CCCNCc1cc(Br)ccc1Cl)C1CCCCC1. The van der Waals surface area contributed by atoms with Gasteiger partial charge in [-0.15, -0.1) is 0 Å². The number of hydrogen-bond donors (Lipinski definition) is 1. The molecule has 0 heterocycles. The molecule has 0 radical (unpaired) electrons. The van der Waals surface area contributed by atoms with Crippen molar-refractivity contribution in [3.63, 3.8) is 0 Å². The molecule has 21 heavy (non-hydrogen) atoms. The van der Waals surface area contributed by atoms with Crippen molar-refractivity contribution in [2.75, 3.05) is 20.1 Å². The molecule has 0 saturated heterocycles. The van der Waals surface area contributed by atoms with E-state index in [1.54, 1.807) is 0 Å². The Morgan fingerprint density at radius 3 is 2.81 bits per heavy atom. The summed E-state index contributed by atoms with van der Waals surface area (Å²) >= 11 is 9.68. The van der Waals surface area contributed by atoms with E-state index in [0.717, 1.165) is 34.2 Å². The van der Waals surface area contributed by atoms with Gasteiger partial charge in [-0.1, -0.05) is 46.8 Å². The van der Waals surface area contributed by atoms with Crippen molar-refractivity contribution >= 4 is 27.5 Å². The van der Waals surface area contributed by atoms with Crippen LogP contribution in [0, 0.1) is 0 Å². The van der Waals surface area contributed by atoms with Crippen LogP contribution in [0.15, 0.2) is 22.7 Å². The van der Waals surface area contributed by atoms with Crippen LogP contribution in [0.2, 0.25) is 5.02 Å². The molecule has 0 spiro atoms. The fraction of sp³-hybridized carbons (Fsp3) is 0.647. The Hall–Kier alpha value is -0.0900. The van der Waals surface area contributed by atoms with Crippen molar-refractivity contribution in [1.82, 2.24) is 10.2 Å². The number of rotatable bonds is 7. The van der Waals surface area contributed by atoms with E-state index in [2.05, 4.69) is 39.3 Å². The van der Waals surface area contributed by atoms with E-state index in [9.17, 15) is 0 Å². The van der Waals surface area contributed by atoms with Gasteiger partial charge in [-0.2, -0.15) is 0 Å². The Labute approximate surface area is 142 Å². The van der Waals surface area contributed by atoms with Crippen LogP contribution in [0.3, 0.4) is 0 Å². The maximum Gasteiger partial charge on any atom is 0.0451 e. The van der Waals surface area contributed by atoms with Crippen LogP contribution >= 0.6 is 27.5 Å². The van der Waals surface area contributed by atoms with Gasteiger partial charge in [-0.3, -0.25) is 0 Å². The van der Waals surface area contributed by atoms with Gasteiger partial charge in [-0.05, 0) is 63.2 Å². The molecule has 0 bridgehead atoms. The normalized spacial score (nSPS) is 16.6. The van der Waals surface area contributed by atoms with Crippen LogP contribution in [-0.4, -0.2) is 31.1 Å². The third-order valence-corrected chi connectivity index (χ3v) is 5.25. The molecule has 2 rings (SSSR count). The Morgan fingerprint density at radius 2 is 2.05 bits per heavy atom. The summed E-state index contributed by atoms with van der Waals surface area (Å²) in [6.07, 6.45) is 8.22. The second kappa shape index (κ2) is 9.14. The topological polar surface area (TPSA) is 15.3 Å². The zero-order valence-electron chi connectivity index (χ0n) is 12.9. The first kappa shape index (κ1) is 17.3. The number of halogens is 2. The van der Waals surface area contributed by atoms with Crippen molar-refractivity contribution in [2.45, 2.75) is 51.1 Å². The third-order valence-electron chi connectivity index (χ3n) is 4.39. The highest BCUT2D eigenvalue weighted by atomic mass is 79.9. The molecule has 1 aliphatic carbocycles. The van der Waals surface area contributed by atoms with Gasteiger partial charge in [0, 0.05) is 22.1 Å². The molecule has 1 N–H and O–H groups in total. The van der Waals surface area contributed by atoms with Gasteiger partial charge in [0.1, 0.15) is 0 Å². The van der Waals surface area contributed by atoms with Gasteiger partial charge in [0.25, 0.3) is 0 Å². The minimum absolute atomic E-state index is 0.818. The predicted molar refractivity (Wildman–Crippen MR) is 95.0 cm³/mol. The molecular formula is C17H26BrClN2. The Kier molecular flexibility index (Phi) is 7.51. The van der Waals surface area contributed by atoms with Crippen LogP contribution in [0.5, 0.6) is 0 Å². The highest BCUT2D eigenvalue weighted by molar-refractivity contribution is 9.10. The van der Waals surface area contributed by atoms with E-state index in [1.165, 1.54) is 45.1 Å². The molecule has 1 aliphatic rings. The van der Waals surface area contributed by atoms with Gasteiger partial charge in [0.15, 0.2) is 0 Å². The zero-order valence-corrected chi connectivity index (χ0v) is 15.2. The molecule has 1 fully saturated rings. The average Bonchev–Trinajstić information content (AvgIpc) is 2.51. The van der Waals surface area contributed by atoms with Crippen LogP contribution in [0.25, 0.3) is 0 Å². The van der Waals surface area contributed by atoms with Crippen molar-refractivity contribution < 1.29 is 0 Å². The van der Waals surface area contributed by atoms with Gasteiger partial charge in [0.2, 0.25) is 0 Å². The van der Waals surface area contributed by atoms with Crippen LogP contribution in [-0.2, 0) is 6.54 Å². The van der Waals surface area contributed by atoms with Gasteiger partial charge in [0.05, 0.1) is 0 Å². The van der Waals surface area contributed by atoms with Gasteiger partial charge < -0.3 is 10.2 Å². The summed E-state index contributed by atoms with van der Waals surface area (Å²) < 4.78 is 1.08. The Balaban J connectivity index is 1.62. The van der Waals surface area contributed by atoms with E-state index in [1.807, 2.05) is 12.1 Å². The average molecular weight is 374 g/mol. The predicted octanol–water partition coefficient (Wildman–Crippen LogP) is 4.85. The van der Waals surface area contributed by atoms with E-state index >= 15 is 0 Å². The smallest absolute Gasteiger partial charge is 0.0451 e. The molecular weight excluding hydrogens is 348 g/mol. The zero-order chi connectivity index (χ0) is 15.1. The Morgan fingerprint density at radius 1 is 1.29 bits per heavy atom. The maximum absolute atomic E-state index is 6.19. The third kappa shape index (κ3) is 5.90. The van der Waals surface area contributed by atoms with E-state index in [0.29, 0.717) is 0 Å². The second-order valence-electron chi connectivity index (χ2n) is 6.04. The summed E-state index contributed by atoms with van der Waals surface area (Å²) in [5.74, 6) is 0. The first-order valence-electron chi connectivity index (χ1n) is 8.01. The van der Waals surface area contributed by atoms with Crippen molar-refractivity contribution in [2.24, 2.45) is 0 Å². The summed E-state index contributed by atoms with van der Waals surface area (Å²) in [5, 5.41) is 4.33. The number of nitrogens with zero attached hydrogens (tertiary/aromatic N) is 1. The van der Waals surface area contributed by atoms with E-state index in [-0.39, 0.29) is 0 Å². The van der Waals surface area contributed by atoms with Crippen molar-refractivity contribution in [3.05, 3.63) is 33.3 Å². The molecule has 118 valence electrons. The molecule has 2 nitrogen and oxygen atoms in total. The lowest BCUT2D eigenvalue weighted by Crippen LogP contribution is -2.35. The fourth-order valence-corrected chi connectivity index (χ4v) is 3.65. The molecule has 1 aromatic carbocycles. The summed E-state index contributed by atoms with van der Waals surface area (Å²) in [6.45, 7) is 3.06. The lowest BCUT2D eigenvalue weighted by atomic mass is 9.94. The lowest BCUT2D eigenvalue weighted by molar-refractivity contribution is 0.189. The number of benzene rings is 1. The largest absolute Gasteiger partial charge is 0.313 e. The quantitative estimate of drug-likeness (QED) is 0.687. The van der Waals surface area contributed by atoms with Gasteiger partial charge >= 0.3 is 0 Å². The van der Waals surface area contributed by atoms with Crippen molar-refractivity contribution in [1.29, 1.82) is 0 Å². The van der Waals surface area contributed by atoms with E-state index < -0.39 is 0 Å². The first-order chi connectivity index (χ1) is 10.2. The molecule has 4 heteroatoms. The molecule has 0 amide bonds. The summed E-state index contributed by atoms with van der Waals surface area (Å²) in [7, 11) is 2.28. The highest BCUT2D eigenvalue weighted by Gasteiger charge is 2.17. The number of hydrogen-bond acceptors (Lipinski definition) is 2. The van der Waals surface area contributed by atoms with Crippen molar-refractivity contribution in [3.8, 4) is 0 Å². The number of nitrogens with one attached hydrogen (secondary N) is 1. The first-order valence-corrected chi connectivity index (χ1v) is 9.19. The molecule has 0 aromatic heterocycles.